The van der Waals surface area contributed by atoms with E-state index < -0.39 is 7.26 Å². The van der Waals surface area contributed by atoms with Gasteiger partial charge >= 0.3 is 0 Å². The smallest absolute Gasteiger partial charge is 0.269 e. The van der Waals surface area contributed by atoms with Crippen LogP contribution in [0.25, 0.3) is 0 Å². The van der Waals surface area contributed by atoms with Gasteiger partial charge in [-0.05, 0) is 36.4 Å². The molecule has 3 nitrogen and oxygen atoms in total. The number of carbonyl (C=O) groups excluding carboxylic acids is 1. The number of pyridine rings is 1. The van der Waals surface area contributed by atoms with Crippen LogP contribution in [0.3, 0.4) is 0 Å². The minimum Gasteiger partial charge on any atom is -0.269 e. The molecule has 148 valence electrons. The van der Waals surface area contributed by atoms with E-state index in [1.54, 1.807) is 4.68 Å². The highest BCUT2D eigenvalue weighted by Crippen LogP contribution is 2.55. The molecular formula is C26H25N2OP+2. The van der Waals surface area contributed by atoms with E-state index >= 15 is 0 Å². The monoisotopic (exact) mass is 412 g/mol. The van der Waals surface area contributed by atoms with Gasteiger partial charge in [-0.3, -0.25) is 4.79 Å². The average molecular weight is 412 g/mol. The van der Waals surface area contributed by atoms with Gasteiger partial charge in [0.15, 0.2) is 12.4 Å². The highest BCUT2D eigenvalue weighted by atomic mass is 31.2. The van der Waals surface area contributed by atoms with Gasteiger partial charge in [0.1, 0.15) is 23.2 Å². The molecule has 30 heavy (non-hydrogen) atoms. The lowest BCUT2D eigenvalue weighted by Gasteiger charge is -2.27. The van der Waals surface area contributed by atoms with Gasteiger partial charge < -0.3 is 0 Å². The van der Waals surface area contributed by atoms with Crippen molar-refractivity contribution in [3.8, 4) is 0 Å². The maximum atomic E-state index is 12.8. The van der Waals surface area contributed by atoms with Crippen LogP contribution in [0.5, 0.6) is 0 Å². The summed E-state index contributed by atoms with van der Waals surface area (Å²) in [6.07, 6.45) is 4.89. The Morgan fingerprint density at radius 3 is 1.47 bits per heavy atom. The van der Waals surface area contributed by atoms with Crippen LogP contribution in [0.4, 0.5) is 0 Å². The number of hydrogen-bond donors (Lipinski definition) is 1. The summed E-state index contributed by atoms with van der Waals surface area (Å²) in [5, 5.41) is 3.88. The summed E-state index contributed by atoms with van der Waals surface area (Å²) in [5.74, 6) is 0.0124. The molecule has 0 aliphatic carbocycles. The van der Waals surface area contributed by atoms with Crippen LogP contribution in [-0.2, 0) is 4.79 Å². The zero-order valence-corrected chi connectivity index (χ0v) is 17.7. The second-order valence-corrected chi connectivity index (χ2v) is 10.7. The van der Waals surface area contributed by atoms with E-state index in [0.717, 1.165) is 6.16 Å². The molecule has 1 heterocycles. The number of aromatic nitrogens is 1. The summed E-state index contributed by atoms with van der Waals surface area (Å²) in [6, 6.07) is 37.7. The van der Waals surface area contributed by atoms with Gasteiger partial charge in [-0.1, -0.05) is 65.3 Å². The maximum absolute atomic E-state index is 12.8. The topological polar surface area (TPSA) is 33.0 Å². The molecule has 1 amide bonds. The van der Waals surface area contributed by atoms with Gasteiger partial charge in [0.2, 0.25) is 0 Å². The summed E-state index contributed by atoms with van der Waals surface area (Å²) in [7, 11) is -1.98. The van der Waals surface area contributed by atoms with Crippen molar-refractivity contribution in [1.29, 1.82) is 0 Å². The summed E-state index contributed by atoms with van der Waals surface area (Å²) in [5.41, 5.74) is 2.96. The number of benzene rings is 3. The standard InChI is InChI=1S/C26H24N2OP/c29-26(27-28-20-11-4-12-21-28)19-22-30(23-13-5-1-6-14-23,24-15-7-2-8-16-24)25-17-9-3-10-18-25/h1-18,20-21H,19,22H2/q+1/p+1. The van der Waals surface area contributed by atoms with E-state index in [4.69, 9.17) is 0 Å². The molecule has 1 aromatic heterocycles. The van der Waals surface area contributed by atoms with Gasteiger partial charge in [0.05, 0.1) is 12.6 Å². The fraction of sp³-hybridized carbons (Fsp3) is 0.0769. The first-order chi connectivity index (χ1) is 14.8. The van der Waals surface area contributed by atoms with Gasteiger partial charge in [-0.15, -0.1) is 5.43 Å². The average Bonchev–Trinajstić information content (AvgIpc) is 2.82. The van der Waals surface area contributed by atoms with E-state index in [9.17, 15) is 4.79 Å². The zero-order valence-electron chi connectivity index (χ0n) is 16.8. The van der Waals surface area contributed by atoms with Crippen molar-refractivity contribution in [1.82, 2.24) is 0 Å². The third-order valence-corrected chi connectivity index (χ3v) is 9.67. The molecule has 0 fully saturated rings. The molecule has 0 saturated heterocycles. The van der Waals surface area contributed by atoms with E-state index in [0.29, 0.717) is 6.42 Å². The van der Waals surface area contributed by atoms with Crippen molar-refractivity contribution >= 4 is 29.1 Å². The van der Waals surface area contributed by atoms with Crippen LogP contribution < -0.4 is 26.0 Å². The first-order valence-electron chi connectivity index (χ1n) is 10.1. The van der Waals surface area contributed by atoms with Gasteiger partial charge in [-0.25, -0.2) is 0 Å². The molecule has 0 unspecified atom stereocenters. The fourth-order valence-corrected chi connectivity index (χ4v) is 8.08. The predicted octanol–water partition coefficient (Wildman–Crippen LogP) is 3.43. The number of carbonyl (C=O) groups is 1. The molecule has 4 heteroatoms. The van der Waals surface area contributed by atoms with E-state index in [1.165, 1.54) is 15.9 Å². The van der Waals surface area contributed by atoms with Crippen LogP contribution in [0.15, 0.2) is 122 Å². The number of hydrogen-bond acceptors (Lipinski definition) is 1. The van der Waals surface area contributed by atoms with Crippen LogP contribution in [0.2, 0.25) is 0 Å². The molecule has 0 radical (unpaired) electrons. The zero-order chi connectivity index (χ0) is 20.7. The van der Waals surface area contributed by atoms with Crippen molar-refractivity contribution in [2.45, 2.75) is 6.42 Å². The minimum absolute atomic E-state index is 0.0124. The SMILES string of the molecule is O=C(CC[P+](c1ccccc1)(c1ccccc1)c1ccccc1)N[n+]1ccccc1. The molecule has 4 aromatic rings. The quantitative estimate of drug-likeness (QED) is 0.366. The highest BCUT2D eigenvalue weighted by molar-refractivity contribution is 7.95. The molecule has 0 atom stereocenters. The first kappa shape index (κ1) is 20.0. The molecule has 3 aromatic carbocycles. The summed E-state index contributed by atoms with van der Waals surface area (Å²) < 4.78 is 1.70. The molecular weight excluding hydrogens is 387 g/mol. The van der Waals surface area contributed by atoms with Crippen molar-refractivity contribution < 1.29 is 9.47 Å². The van der Waals surface area contributed by atoms with Gasteiger partial charge in [0, 0.05) is 12.1 Å². The molecule has 4 rings (SSSR count). The second-order valence-electron chi connectivity index (χ2n) is 7.11. The van der Waals surface area contributed by atoms with E-state index in [-0.39, 0.29) is 5.91 Å². The third kappa shape index (κ3) is 4.32. The maximum Gasteiger partial charge on any atom is 0.278 e. The van der Waals surface area contributed by atoms with Crippen molar-refractivity contribution in [3.05, 3.63) is 122 Å². The summed E-state index contributed by atoms with van der Waals surface area (Å²) in [4.78, 5) is 12.8. The number of rotatable bonds is 7. The highest BCUT2D eigenvalue weighted by Gasteiger charge is 2.45. The van der Waals surface area contributed by atoms with Crippen LogP contribution >= 0.6 is 7.26 Å². The van der Waals surface area contributed by atoms with Crippen LogP contribution in [0, 0.1) is 0 Å². The van der Waals surface area contributed by atoms with Crippen LogP contribution in [-0.4, -0.2) is 12.1 Å². The largest absolute Gasteiger partial charge is 0.278 e. The number of nitrogens with zero attached hydrogens (tertiary/aromatic N) is 1. The predicted molar refractivity (Wildman–Crippen MR) is 126 cm³/mol. The second kappa shape index (κ2) is 9.47. The lowest BCUT2D eigenvalue weighted by atomic mass is 10.3. The Hall–Kier alpha value is -3.29. The van der Waals surface area contributed by atoms with Gasteiger partial charge in [0.25, 0.3) is 5.91 Å². The normalized spacial score (nSPS) is 11.1. The Bertz CT molecular complexity index is 974. The number of amides is 1. The van der Waals surface area contributed by atoms with Crippen molar-refractivity contribution in [2.24, 2.45) is 0 Å². The van der Waals surface area contributed by atoms with E-state index in [2.05, 4.69) is 78.2 Å². The summed E-state index contributed by atoms with van der Waals surface area (Å²) >= 11 is 0. The molecule has 0 spiro atoms. The first-order valence-corrected chi connectivity index (χ1v) is 12.1. The molecule has 1 N–H and O–H groups in total. The van der Waals surface area contributed by atoms with Crippen molar-refractivity contribution in [2.75, 3.05) is 11.6 Å². The fourth-order valence-electron chi connectivity index (χ4n) is 3.82. The molecule has 0 bridgehead atoms. The Balaban J connectivity index is 1.74. The lowest BCUT2D eigenvalue weighted by Crippen LogP contribution is -2.48. The van der Waals surface area contributed by atoms with Crippen LogP contribution in [0.1, 0.15) is 6.42 Å². The number of nitrogens with one attached hydrogen (secondary N) is 1. The summed E-state index contributed by atoms with van der Waals surface area (Å²) in [6.45, 7) is 0. The minimum atomic E-state index is -1.98. The Morgan fingerprint density at radius 1 is 0.633 bits per heavy atom. The molecule has 0 aliphatic rings. The molecule has 0 aliphatic heterocycles. The Labute approximate surface area is 178 Å². The molecule has 0 saturated carbocycles. The lowest BCUT2D eigenvalue weighted by molar-refractivity contribution is -0.642. The van der Waals surface area contributed by atoms with Gasteiger partial charge in [-0.2, -0.15) is 0 Å². The third-order valence-electron chi connectivity index (χ3n) is 5.23. The van der Waals surface area contributed by atoms with E-state index in [1.807, 2.05) is 48.8 Å². The van der Waals surface area contributed by atoms with Crippen molar-refractivity contribution in [3.63, 3.8) is 0 Å². The Kier molecular flexibility index (Phi) is 6.32. The Morgan fingerprint density at radius 2 is 1.03 bits per heavy atom.